The second-order valence-electron chi connectivity index (χ2n) is 4.98. The first-order chi connectivity index (χ1) is 10.0. The summed E-state index contributed by atoms with van der Waals surface area (Å²) in [5.74, 6) is -2.10. The van der Waals surface area contributed by atoms with Gasteiger partial charge in [0.15, 0.2) is 0 Å². The molecule has 2 aromatic rings. The molecule has 1 atom stereocenters. The first-order valence-corrected chi connectivity index (χ1v) is 6.51. The van der Waals surface area contributed by atoms with Crippen molar-refractivity contribution >= 4 is 28.6 Å². The minimum absolute atomic E-state index is 0.183. The number of carboxylic acid groups (broad SMARTS) is 1. The van der Waals surface area contributed by atoms with Gasteiger partial charge in [0.05, 0.1) is 17.2 Å². The van der Waals surface area contributed by atoms with Crippen LogP contribution in [0.15, 0.2) is 30.5 Å². The van der Waals surface area contributed by atoms with E-state index in [-0.39, 0.29) is 23.8 Å². The van der Waals surface area contributed by atoms with E-state index in [1.54, 1.807) is 24.4 Å². The molecule has 1 aliphatic rings. The monoisotopic (exact) mass is 284 g/mol. The van der Waals surface area contributed by atoms with Gasteiger partial charge in [-0.15, -0.1) is 0 Å². The van der Waals surface area contributed by atoms with Crippen molar-refractivity contribution in [2.45, 2.75) is 18.8 Å². The Labute approximate surface area is 119 Å². The quantitative estimate of drug-likeness (QED) is 0.814. The molecule has 1 unspecified atom stereocenters. The van der Waals surface area contributed by atoms with Gasteiger partial charge in [-0.05, 0) is 30.0 Å². The normalized spacial score (nSPS) is 18.6. The highest BCUT2D eigenvalue weighted by Gasteiger charge is 2.29. The predicted octanol–water partition coefficient (Wildman–Crippen LogP) is 1.45. The molecule has 0 radical (unpaired) electrons. The van der Waals surface area contributed by atoms with E-state index in [1.807, 2.05) is 0 Å². The van der Waals surface area contributed by atoms with Gasteiger partial charge in [0, 0.05) is 18.0 Å². The lowest BCUT2D eigenvalue weighted by atomic mass is 9.93. The molecule has 1 aromatic heterocycles. The van der Waals surface area contributed by atoms with Crippen LogP contribution in [0, 0.1) is 0 Å². The molecule has 2 amide bonds. The van der Waals surface area contributed by atoms with Crippen LogP contribution in [0.4, 0.5) is 0 Å². The Hall–Kier alpha value is -2.76. The molecular formula is C15H12N2O4. The maximum absolute atomic E-state index is 11.9. The number of aromatic nitrogens is 1. The number of pyridine rings is 1. The highest BCUT2D eigenvalue weighted by molar-refractivity contribution is 6.01. The Morgan fingerprint density at radius 2 is 2.05 bits per heavy atom. The van der Waals surface area contributed by atoms with Crippen LogP contribution in [0.1, 0.15) is 34.8 Å². The largest absolute Gasteiger partial charge is 0.478 e. The Morgan fingerprint density at radius 3 is 2.76 bits per heavy atom. The van der Waals surface area contributed by atoms with Crippen LogP contribution >= 0.6 is 0 Å². The number of rotatable bonds is 2. The summed E-state index contributed by atoms with van der Waals surface area (Å²) in [5.41, 5.74) is 0.734. The highest BCUT2D eigenvalue weighted by Crippen LogP contribution is 2.26. The van der Waals surface area contributed by atoms with Crippen molar-refractivity contribution < 1.29 is 19.5 Å². The van der Waals surface area contributed by atoms with Crippen molar-refractivity contribution in [3.63, 3.8) is 0 Å². The Morgan fingerprint density at radius 1 is 1.24 bits per heavy atom. The van der Waals surface area contributed by atoms with Gasteiger partial charge in [0.1, 0.15) is 0 Å². The maximum atomic E-state index is 11.9. The molecule has 0 saturated carbocycles. The Kier molecular flexibility index (Phi) is 3.13. The molecule has 106 valence electrons. The zero-order valence-corrected chi connectivity index (χ0v) is 11.0. The summed E-state index contributed by atoms with van der Waals surface area (Å²) in [7, 11) is 0. The molecule has 6 nitrogen and oxygen atoms in total. The lowest BCUT2D eigenvalue weighted by Crippen LogP contribution is -2.39. The summed E-state index contributed by atoms with van der Waals surface area (Å²) >= 11 is 0. The standard InChI is InChI=1S/C15H12N2O4/c18-13-4-3-11(14(19)17-13)12-6-10-5-8(15(20)21)1-2-9(10)7-16-12/h1-2,5-7,11H,3-4H2,(H,20,21)(H,17,18,19). The average molecular weight is 284 g/mol. The van der Waals surface area contributed by atoms with Crippen LogP contribution < -0.4 is 5.32 Å². The molecule has 0 aliphatic carbocycles. The molecule has 1 fully saturated rings. The fourth-order valence-corrected chi connectivity index (χ4v) is 2.46. The van der Waals surface area contributed by atoms with Crippen LogP contribution in [0.3, 0.4) is 0 Å². The number of nitrogens with zero attached hydrogens (tertiary/aromatic N) is 1. The number of piperidine rings is 1. The second-order valence-corrected chi connectivity index (χ2v) is 4.98. The number of benzene rings is 1. The van der Waals surface area contributed by atoms with Gasteiger partial charge in [-0.2, -0.15) is 0 Å². The van der Waals surface area contributed by atoms with Crippen LogP contribution in [0.25, 0.3) is 10.8 Å². The Balaban J connectivity index is 2.01. The number of carboxylic acids is 1. The van der Waals surface area contributed by atoms with Gasteiger partial charge in [0.25, 0.3) is 0 Å². The number of fused-ring (bicyclic) bond motifs is 1. The van der Waals surface area contributed by atoms with Gasteiger partial charge in [0.2, 0.25) is 11.8 Å². The third kappa shape index (κ3) is 2.47. The fraction of sp³-hybridized carbons (Fsp3) is 0.200. The number of hydrogen-bond donors (Lipinski definition) is 2. The van der Waals surface area contributed by atoms with Crippen LogP contribution in [-0.2, 0) is 9.59 Å². The molecular weight excluding hydrogens is 272 g/mol. The zero-order valence-electron chi connectivity index (χ0n) is 11.0. The first kappa shape index (κ1) is 13.2. The first-order valence-electron chi connectivity index (χ1n) is 6.51. The van der Waals surface area contributed by atoms with E-state index < -0.39 is 11.9 Å². The van der Waals surface area contributed by atoms with E-state index >= 15 is 0 Å². The van der Waals surface area contributed by atoms with Crippen molar-refractivity contribution in [2.75, 3.05) is 0 Å². The van der Waals surface area contributed by atoms with Crippen LogP contribution in [-0.4, -0.2) is 27.9 Å². The number of hydrogen-bond acceptors (Lipinski definition) is 4. The van der Waals surface area contributed by atoms with E-state index in [0.717, 1.165) is 5.39 Å². The van der Waals surface area contributed by atoms with Gasteiger partial charge < -0.3 is 5.11 Å². The Bertz CT molecular complexity index is 769. The van der Waals surface area contributed by atoms with Crippen LogP contribution in [0.2, 0.25) is 0 Å². The van der Waals surface area contributed by atoms with Gasteiger partial charge in [-0.3, -0.25) is 19.9 Å². The van der Waals surface area contributed by atoms with E-state index in [2.05, 4.69) is 10.3 Å². The average Bonchev–Trinajstić information content (AvgIpc) is 2.46. The molecule has 1 aliphatic heterocycles. The molecule has 6 heteroatoms. The topological polar surface area (TPSA) is 96.4 Å². The van der Waals surface area contributed by atoms with E-state index in [9.17, 15) is 14.4 Å². The lowest BCUT2D eigenvalue weighted by Gasteiger charge is -2.20. The summed E-state index contributed by atoms with van der Waals surface area (Å²) in [6, 6.07) is 6.45. The van der Waals surface area contributed by atoms with Gasteiger partial charge >= 0.3 is 5.97 Å². The highest BCUT2D eigenvalue weighted by atomic mass is 16.4. The van der Waals surface area contributed by atoms with Crippen molar-refractivity contribution in [1.82, 2.24) is 10.3 Å². The smallest absolute Gasteiger partial charge is 0.335 e. The summed E-state index contributed by atoms with van der Waals surface area (Å²) < 4.78 is 0. The number of carbonyl (C=O) groups excluding carboxylic acids is 2. The molecule has 2 heterocycles. The number of amides is 2. The van der Waals surface area contributed by atoms with Gasteiger partial charge in [-0.25, -0.2) is 4.79 Å². The summed E-state index contributed by atoms with van der Waals surface area (Å²) in [5, 5.41) is 12.8. The van der Waals surface area contributed by atoms with Crippen molar-refractivity contribution in [3.05, 3.63) is 41.7 Å². The minimum Gasteiger partial charge on any atom is -0.478 e. The van der Waals surface area contributed by atoms with Crippen molar-refractivity contribution in [2.24, 2.45) is 0 Å². The number of imide groups is 1. The summed E-state index contributed by atoms with van der Waals surface area (Å²) in [4.78, 5) is 38.3. The lowest BCUT2D eigenvalue weighted by molar-refractivity contribution is -0.134. The molecule has 3 rings (SSSR count). The van der Waals surface area contributed by atoms with Crippen molar-refractivity contribution in [1.29, 1.82) is 0 Å². The zero-order chi connectivity index (χ0) is 15.0. The molecule has 1 aromatic carbocycles. The third-order valence-electron chi connectivity index (χ3n) is 3.59. The van der Waals surface area contributed by atoms with E-state index in [0.29, 0.717) is 17.5 Å². The molecule has 0 bridgehead atoms. The number of carbonyl (C=O) groups is 3. The van der Waals surface area contributed by atoms with E-state index in [4.69, 9.17) is 5.11 Å². The summed E-state index contributed by atoms with van der Waals surface area (Å²) in [6.07, 6.45) is 2.31. The number of nitrogens with one attached hydrogen (secondary N) is 1. The van der Waals surface area contributed by atoms with Crippen LogP contribution in [0.5, 0.6) is 0 Å². The maximum Gasteiger partial charge on any atom is 0.335 e. The third-order valence-corrected chi connectivity index (χ3v) is 3.59. The molecule has 2 N–H and O–H groups in total. The van der Waals surface area contributed by atoms with E-state index in [1.165, 1.54) is 6.07 Å². The second kappa shape index (κ2) is 4.97. The SMILES string of the molecule is O=C1CCC(c2cc3cc(C(=O)O)ccc3cn2)C(=O)N1. The molecule has 0 spiro atoms. The van der Waals surface area contributed by atoms with Crippen molar-refractivity contribution in [3.8, 4) is 0 Å². The molecule has 21 heavy (non-hydrogen) atoms. The van der Waals surface area contributed by atoms with Gasteiger partial charge in [-0.1, -0.05) is 6.07 Å². The molecule has 1 saturated heterocycles. The fourth-order valence-electron chi connectivity index (χ4n) is 2.46. The predicted molar refractivity (Wildman–Crippen MR) is 73.8 cm³/mol. The minimum atomic E-state index is -1.00. The number of aromatic carboxylic acids is 1. The summed E-state index contributed by atoms with van der Waals surface area (Å²) in [6.45, 7) is 0.